The number of fused-ring (bicyclic) bond motifs is 1. The van der Waals surface area contributed by atoms with Crippen LogP contribution in [0.4, 0.5) is 8.78 Å². The van der Waals surface area contributed by atoms with E-state index in [4.69, 9.17) is 0 Å². The Labute approximate surface area is 228 Å². The summed E-state index contributed by atoms with van der Waals surface area (Å²) in [7, 11) is 2.55. The Morgan fingerprint density at radius 1 is 1.32 bits per heavy atom. The second-order valence-electron chi connectivity index (χ2n) is 9.08. The van der Waals surface area contributed by atoms with Crippen LogP contribution in [0.5, 0.6) is 0 Å². The summed E-state index contributed by atoms with van der Waals surface area (Å²) < 4.78 is 43.9. The molecule has 0 aliphatic heterocycles. The number of imidazole rings is 1. The van der Waals surface area contributed by atoms with Crippen LogP contribution in [0.1, 0.15) is 29.8 Å². The number of rotatable bonds is 10. The van der Waals surface area contributed by atoms with Crippen molar-refractivity contribution in [3.05, 3.63) is 47.2 Å². The van der Waals surface area contributed by atoms with Crippen LogP contribution >= 0.6 is 23.3 Å². The number of hydrogen-bond donors (Lipinski definition) is 2. The molecule has 9 nitrogen and oxygen atoms in total. The van der Waals surface area contributed by atoms with Crippen LogP contribution in [0.3, 0.4) is 0 Å². The molecule has 5 rings (SSSR count). The summed E-state index contributed by atoms with van der Waals surface area (Å²) in [4.78, 5) is 7.65. The fourth-order valence-corrected chi connectivity index (χ4v) is 6.44. The van der Waals surface area contributed by atoms with Gasteiger partial charge in [0.1, 0.15) is 5.72 Å². The quantitative estimate of drug-likeness (QED) is 0.213. The summed E-state index contributed by atoms with van der Waals surface area (Å²) in [5, 5.41) is 27.6. The molecule has 0 spiro atoms. The molecule has 2 N–H and O–H groups in total. The standard InChI is InChI=1S/C24H23F2N7O2S3/c1-32(2)7-8-38(35)16-3-4-17(14(9-16)11-27)18-10-15(37-31-24(34)5-6-24)13-33-19(18)12-28-21(33)23-30-29-22(36-23)20(25)26/h3-4,9-10,12-13,20,31,34H,5-8H2,1-2H3. The Bertz CT molecular complexity index is 1560. The van der Waals surface area contributed by atoms with Crippen molar-refractivity contribution in [3.8, 4) is 28.0 Å². The Hall–Kier alpha value is -2.80. The lowest BCUT2D eigenvalue weighted by atomic mass is 10.0. The molecule has 1 fully saturated rings. The summed E-state index contributed by atoms with van der Waals surface area (Å²) in [6.45, 7) is 0.646. The van der Waals surface area contributed by atoms with E-state index in [0.717, 1.165) is 11.3 Å². The molecule has 0 amide bonds. The SMILES string of the molecule is CN(C)CCS(=O)c1ccc(-c2cc(SNC3(O)CC3)cn3c(-c4nnc(C(F)F)s4)ncc23)c(C#N)c1. The largest absolute Gasteiger partial charge is 0.375 e. The van der Waals surface area contributed by atoms with Gasteiger partial charge in [-0.1, -0.05) is 17.4 Å². The first-order valence-electron chi connectivity index (χ1n) is 11.5. The Kier molecular flexibility index (Phi) is 7.58. The van der Waals surface area contributed by atoms with Crippen molar-refractivity contribution in [1.29, 1.82) is 5.26 Å². The highest BCUT2D eigenvalue weighted by Gasteiger charge is 2.40. The number of benzene rings is 1. The van der Waals surface area contributed by atoms with Gasteiger partial charge in [-0.05, 0) is 57.1 Å². The van der Waals surface area contributed by atoms with Crippen molar-refractivity contribution in [3.63, 3.8) is 0 Å². The van der Waals surface area contributed by atoms with E-state index in [1.165, 1.54) is 11.9 Å². The zero-order chi connectivity index (χ0) is 27.0. The molecule has 14 heteroatoms. The topological polar surface area (TPSA) is 119 Å². The van der Waals surface area contributed by atoms with E-state index in [0.29, 0.717) is 63.0 Å². The number of nitrogens with zero attached hydrogens (tertiary/aromatic N) is 6. The van der Waals surface area contributed by atoms with Gasteiger partial charge < -0.3 is 10.0 Å². The molecule has 198 valence electrons. The molecule has 4 aromatic rings. The molecule has 38 heavy (non-hydrogen) atoms. The molecule has 3 heterocycles. The van der Waals surface area contributed by atoms with E-state index in [2.05, 4.69) is 26.0 Å². The first-order chi connectivity index (χ1) is 18.2. The predicted octanol–water partition coefficient (Wildman–Crippen LogP) is 4.08. The predicted molar refractivity (Wildman–Crippen MR) is 142 cm³/mol. The van der Waals surface area contributed by atoms with Gasteiger partial charge in [0.2, 0.25) is 0 Å². The molecule has 1 atom stereocenters. The first-order valence-corrected chi connectivity index (χ1v) is 14.5. The number of nitrogens with one attached hydrogen (secondary N) is 1. The minimum Gasteiger partial charge on any atom is -0.375 e. The van der Waals surface area contributed by atoms with Gasteiger partial charge in [-0.25, -0.2) is 18.5 Å². The highest BCUT2D eigenvalue weighted by molar-refractivity contribution is 7.97. The van der Waals surface area contributed by atoms with Crippen molar-refractivity contribution in [1.82, 2.24) is 29.2 Å². The van der Waals surface area contributed by atoms with Crippen LogP contribution in [-0.2, 0) is 10.8 Å². The van der Waals surface area contributed by atoms with Gasteiger partial charge >= 0.3 is 0 Å². The number of aromatic nitrogens is 4. The monoisotopic (exact) mass is 575 g/mol. The van der Waals surface area contributed by atoms with Gasteiger partial charge in [0.05, 0.1) is 34.1 Å². The van der Waals surface area contributed by atoms with Crippen molar-refractivity contribution in [2.45, 2.75) is 34.8 Å². The van der Waals surface area contributed by atoms with Gasteiger partial charge in [0.25, 0.3) is 6.43 Å². The average molecular weight is 576 g/mol. The smallest absolute Gasteiger partial charge is 0.291 e. The fourth-order valence-electron chi connectivity index (χ4n) is 3.66. The van der Waals surface area contributed by atoms with Crippen LogP contribution in [0.2, 0.25) is 0 Å². The number of alkyl halides is 2. The normalized spacial score (nSPS) is 15.3. The van der Waals surface area contributed by atoms with E-state index >= 15 is 0 Å². The Morgan fingerprint density at radius 3 is 2.76 bits per heavy atom. The molecule has 0 saturated heterocycles. The lowest BCUT2D eigenvalue weighted by molar-refractivity contribution is 0.142. The molecule has 3 aromatic heterocycles. The third-order valence-corrected chi connectivity index (χ3v) is 9.11. The zero-order valence-corrected chi connectivity index (χ0v) is 22.8. The molecular formula is C24H23F2N7O2S3. The van der Waals surface area contributed by atoms with Gasteiger partial charge in [-0.3, -0.25) is 8.61 Å². The first kappa shape index (κ1) is 26.8. The zero-order valence-electron chi connectivity index (χ0n) is 20.4. The van der Waals surface area contributed by atoms with E-state index < -0.39 is 28.0 Å². The lowest BCUT2D eigenvalue weighted by Gasteiger charge is -2.14. The van der Waals surface area contributed by atoms with E-state index in [-0.39, 0.29) is 5.01 Å². The van der Waals surface area contributed by atoms with E-state index in [9.17, 15) is 23.4 Å². The number of hydrogen-bond acceptors (Lipinski definition) is 10. The van der Waals surface area contributed by atoms with Crippen molar-refractivity contribution >= 4 is 39.6 Å². The van der Waals surface area contributed by atoms with Crippen molar-refractivity contribution in [2.24, 2.45) is 0 Å². The highest BCUT2D eigenvalue weighted by Crippen LogP contribution is 2.39. The Morgan fingerprint density at radius 2 is 2.11 bits per heavy atom. The maximum Gasteiger partial charge on any atom is 0.291 e. The van der Waals surface area contributed by atoms with Crippen molar-refractivity contribution < 1.29 is 18.1 Å². The van der Waals surface area contributed by atoms with Crippen molar-refractivity contribution in [2.75, 3.05) is 26.4 Å². The molecule has 1 unspecified atom stereocenters. The van der Waals surface area contributed by atoms with Crippen LogP contribution in [0.15, 0.2) is 46.5 Å². The molecule has 1 aliphatic rings. The number of pyridine rings is 1. The molecule has 1 aromatic carbocycles. The van der Waals surface area contributed by atoms with Crippen LogP contribution in [0.25, 0.3) is 27.5 Å². The molecule has 1 aliphatic carbocycles. The number of aliphatic hydroxyl groups is 1. The van der Waals surface area contributed by atoms with Crippen LogP contribution in [0, 0.1) is 11.3 Å². The molecule has 1 saturated carbocycles. The summed E-state index contributed by atoms with van der Waals surface area (Å²) in [5.41, 5.74) is 1.31. The lowest BCUT2D eigenvalue weighted by Crippen LogP contribution is -2.23. The average Bonchev–Trinajstić information content (AvgIpc) is 3.27. The Balaban J connectivity index is 1.60. The van der Waals surface area contributed by atoms with Crippen LogP contribution in [-0.4, -0.2) is 65.9 Å². The summed E-state index contributed by atoms with van der Waals surface area (Å²) >= 11 is 1.98. The maximum absolute atomic E-state index is 13.2. The third kappa shape index (κ3) is 5.63. The molecular weight excluding hydrogens is 553 g/mol. The molecule has 0 radical (unpaired) electrons. The summed E-state index contributed by atoms with van der Waals surface area (Å²) in [5.74, 6) is 0.773. The minimum atomic E-state index is -2.74. The van der Waals surface area contributed by atoms with E-state index in [1.807, 2.05) is 25.1 Å². The number of halogens is 2. The molecule has 0 bridgehead atoms. The van der Waals surface area contributed by atoms with Crippen LogP contribution < -0.4 is 4.72 Å². The second kappa shape index (κ2) is 10.8. The third-order valence-electron chi connectivity index (χ3n) is 5.91. The highest BCUT2D eigenvalue weighted by atomic mass is 32.2. The number of nitriles is 1. The van der Waals surface area contributed by atoms with Gasteiger partial charge in [0, 0.05) is 39.4 Å². The minimum absolute atomic E-state index is 0.231. The van der Waals surface area contributed by atoms with Gasteiger partial charge in [-0.15, -0.1) is 10.2 Å². The van der Waals surface area contributed by atoms with Gasteiger partial charge in [-0.2, -0.15) is 5.26 Å². The fraction of sp³-hybridized carbons (Fsp3) is 0.333. The second-order valence-corrected chi connectivity index (χ2v) is 12.5. The summed E-state index contributed by atoms with van der Waals surface area (Å²) in [6.07, 6.45) is 1.90. The summed E-state index contributed by atoms with van der Waals surface area (Å²) in [6, 6.07) is 9.24. The van der Waals surface area contributed by atoms with Gasteiger partial charge in [0.15, 0.2) is 15.8 Å². The maximum atomic E-state index is 13.2. The van der Waals surface area contributed by atoms with E-state index in [1.54, 1.807) is 35.0 Å².